The Bertz CT molecular complexity index is 429. The minimum Gasteiger partial charge on any atom is -0.508 e. The first-order valence-electron chi connectivity index (χ1n) is 4.67. The van der Waals surface area contributed by atoms with E-state index >= 15 is 0 Å². The molecular weight excluding hydrogens is 190 g/mol. The zero-order valence-corrected chi connectivity index (χ0v) is 8.13. The molecule has 2 rings (SSSR count). The number of aromatic hydroxyl groups is 1. The number of hydrogen-bond donors (Lipinski definition) is 1. The molecule has 0 atom stereocenters. The average Bonchev–Trinajstić information content (AvgIpc) is 2.29. The number of nitrogens with zero attached hydrogens (tertiary/aromatic N) is 1. The molecule has 1 N–H and O–H groups in total. The minimum atomic E-state index is 0.244. The Morgan fingerprint density at radius 2 is 1.87 bits per heavy atom. The summed E-state index contributed by atoms with van der Waals surface area (Å²) in [5, 5.41) is 9.49. The lowest BCUT2D eigenvalue weighted by Crippen LogP contribution is -1.96. The van der Waals surface area contributed by atoms with Crippen LogP contribution in [0.25, 0.3) is 0 Å². The van der Waals surface area contributed by atoms with Crippen molar-refractivity contribution in [2.24, 2.45) is 0 Å². The molecular formula is C12H11NO2. The van der Waals surface area contributed by atoms with E-state index in [0.29, 0.717) is 12.5 Å². The van der Waals surface area contributed by atoms with Crippen molar-refractivity contribution in [3.63, 3.8) is 0 Å². The van der Waals surface area contributed by atoms with E-state index in [9.17, 15) is 5.11 Å². The first-order valence-corrected chi connectivity index (χ1v) is 4.67. The van der Waals surface area contributed by atoms with Crippen molar-refractivity contribution in [2.45, 2.75) is 6.61 Å². The molecule has 0 saturated heterocycles. The molecule has 0 bridgehead atoms. The van der Waals surface area contributed by atoms with E-state index in [1.807, 2.05) is 24.3 Å². The number of phenols is 1. The van der Waals surface area contributed by atoms with Crippen LogP contribution in [-0.2, 0) is 6.61 Å². The molecule has 0 radical (unpaired) electrons. The smallest absolute Gasteiger partial charge is 0.213 e. The molecule has 0 aliphatic carbocycles. The van der Waals surface area contributed by atoms with Gasteiger partial charge < -0.3 is 9.84 Å². The summed E-state index contributed by atoms with van der Waals surface area (Å²) in [6.07, 6.45) is 1.67. The lowest BCUT2D eigenvalue weighted by molar-refractivity contribution is 0.287. The molecule has 3 heteroatoms. The van der Waals surface area contributed by atoms with E-state index in [4.69, 9.17) is 4.74 Å². The maximum absolute atomic E-state index is 9.49. The molecule has 15 heavy (non-hydrogen) atoms. The summed E-state index contributed by atoms with van der Waals surface area (Å²) in [6.45, 7) is 0.323. The molecule has 0 fully saturated rings. The molecule has 0 aliphatic rings. The van der Waals surface area contributed by atoms with Gasteiger partial charge in [-0.25, -0.2) is 4.98 Å². The Morgan fingerprint density at radius 1 is 1.07 bits per heavy atom. The van der Waals surface area contributed by atoms with Gasteiger partial charge in [0.1, 0.15) is 12.4 Å². The number of aromatic nitrogens is 1. The largest absolute Gasteiger partial charge is 0.508 e. The highest BCUT2D eigenvalue weighted by atomic mass is 16.5. The lowest BCUT2D eigenvalue weighted by atomic mass is 10.2. The second-order valence-electron chi connectivity index (χ2n) is 3.09. The molecule has 0 amide bonds. The third-order valence-electron chi connectivity index (χ3n) is 2.00. The summed E-state index contributed by atoms with van der Waals surface area (Å²) in [5.41, 5.74) is 0.753. The fraction of sp³-hybridized carbons (Fsp3) is 0.0833. The van der Waals surface area contributed by atoms with Gasteiger partial charge in [0, 0.05) is 17.8 Å². The fourth-order valence-corrected chi connectivity index (χ4v) is 1.22. The molecule has 0 aliphatic heterocycles. The van der Waals surface area contributed by atoms with Gasteiger partial charge in [0.15, 0.2) is 0 Å². The van der Waals surface area contributed by atoms with E-state index in [2.05, 4.69) is 4.98 Å². The van der Waals surface area contributed by atoms with E-state index in [1.165, 1.54) is 0 Å². The summed E-state index contributed by atoms with van der Waals surface area (Å²) in [7, 11) is 0. The van der Waals surface area contributed by atoms with Crippen molar-refractivity contribution in [2.75, 3.05) is 0 Å². The number of ether oxygens (including phenoxy) is 1. The van der Waals surface area contributed by atoms with Gasteiger partial charge in [-0.15, -0.1) is 0 Å². The van der Waals surface area contributed by atoms with Crippen molar-refractivity contribution < 1.29 is 9.84 Å². The van der Waals surface area contributed by atoms with Gasteiger partial charge in [0.05, 0.1) is 0 Å². The van der Waals surface area contributed by atoms with Crippen LogP contribution in [0.4, 0.5) is 0 Å². The van der Waals surface area contributed by atoms with Crippen molar-refractivity contribution >= 4 is 0 Å². The summed E-state index contributed by atoms with van der Waals surface area (Å²) >= 11 is 0. The van der Waals surface area contributed by atoms with Gasteiger partial charge in [-0.1, -0.05) is 24.3 Å². The lowest BCUT2D eigenvalue weighted by Gasteiger charge is -2.05. The topological polar surface area (TPSA) is 42.4 Å². The molecule has 1 heterocycles. The van der Waals surface area contributed by atoms with Gasteiger partial charge >= 0.3 is 0 Å². The SMILES string of the molecule is Oc1ccccc1COc1ccccn1. The van der Waals surface area contributed by atoms with Crippen molar-refractivity contribution in [3.05, 3.63) is 54.2 Å². The third kappa shape index (κ3) is 2.47. The van der Waals surface area contributed by atoms with Gasteiger partial charge in [0.25, 0.3) is 0 Å². The number of para-hydroxylation sites is 1. The zero-order chi connectivity index (χ0) is 10.5. The van der Waals surface area contributed by atoms with Gasteiger partial charge in [-0.3, -0.25) is 0 Å². The number of benzene rings is 1. The molecule has 2 aromatic rings. The van der Waals surface area contributed by atoms with Crippen LogP contribution in [-0.4, -0.2) is 10.1 Å². The number of phenolic OH excluding ortho intramolecular Hbond substituents is 1. The maximum Gasteiger partial charge on any atom is 0.213 e. The second kappa shape index (κ2) is 4.46. The van der Waals surface area contributed by atoms with E-state index in [1.54, 1.807) is 24.4 Å². The average molecular weight is 201 g/mol. The van der Waals surface area contributed by atoms with E-state index in [-0.39, 0.29) is 5.75 Å². The molecule has 1 aromatic heterocycles. The predicted molar refractivity (Wildman–Crippen MR) is 56.7 cm³/mol. The first kappa shape index (κ1) is 9.52. The molecule has 76 valence electrons. The van der Waals surface area contributed by atoms with Crippen LogP contribution in [0.2, 0.25) is 0 Å². The summed E-state index contributed by atoms with van der Waals surface area (Å²) < 4.78 is 5.40. The predicted octanol–water partition coefficient (Wildman–Crippen LogP) is 2.37. The van der Waals surface area contributed by atoms with Crippen LogP contribution in [0, 0.1) is 0 Å². The Hall–Kier alpha value is -2.03. The first-order chi connectivity index (χ1) is 7.36. The number of pyridine rings is 1. The Balaban J connectivity index is 2.03. The number of rotatable bonds is 3. The molecule has 0 spiro atoms. The van der Waals surface area contributed by atoms with Gasteiger partial charge in [-0.2, -0.15) is 0 Å². The van der Waals surface area contributed by atoms with Crippen LogP contribution in [0.1, 0.15) is 5.56 Å². The van der Waals surface area contributed by atoms with Crippen LogP contribution in [0.15, 0.2) is 48.7 Å². The highest BCUT2D eigenvalue weighted by Gasteiger charge is 2.00. The minimum absolute atomic E-state index is 0.244. The fourth-order valence-electron chi connectivity index (χ4n) is 1.22. The van der Waals surface area contributed by atoms with Crippen LogP contribution < -0.4 is 4.74 Å². The van der Waals surface area contributed by atoms with Crippen molar-refractivity contribution in [3.8, 4) is 11.6 Å². The molecule has 1 aromatic carbocycles. The quantitative estimate of drug-likeness (QED) is 0.828. The van der Waals surface area contributed by atoms with Crippen LogP contribution in [0.5, 0.6) is 11.6 Å². The number of hydrogen-bond acceptors (Lipinski definition) is 3. The monoisotopic (exact) mass is 201 g/mol. The van der Waals surface area contributed by atoms with Crippen molar-refractivity contribution in [1.29, 1.82) is 0 Å². The molecule has 0 saturated carbocycles. The van der Waals surface area contributed by atoms with E-state index < -0.39 is 0 Å². The van der Waals surface area contributed by atoms with Crippen LogP contribution >= 0.6 is 0 Å². The Labute approximate surface area is 88.0 Å². The Kier molecular flexibility index (Phi) is 2.83. The Morgan fingerprint density at radius 3 is 2.60 bits per heavy atom. The highest BCUT2D eigenvalue weighted by Crippen LogP contribution is 2.17. The van der Waals surface area contributed by atoms with Crippen molar-refractivity contribution in [1.82, 2.24) is 4.98 Å². The summed E-state index contributed by atoms with van der Waals surface area (Å²) in [4.78, 5) is 4.02. The second-order valence-corrected chi connectivity index (χ2v) is 3.09. The normalized spacial score (nSPS) is 9.87. The summed E-state index contributed by atoms with van der Waals surface area (Å²) in [5.74, 6) is 0.800. The zero-order valence-electron chi connectivity index (χ0n) is 8.13. The van der Waals surface area contributed by atoms with Gasteiger partial charge in [0.2, 0.25) is 5.88 Å². The third-order valence-corrected chi connectivity index (χ3v) is 2.00. The maximum atomic E-state index is 9.49. The molecule has 0 unspecified atom stereocenters. The standard InChI is InChI=1S/C12H11NO2/c14-11-6-2-1-5-10(11)9-15-12-7-3-4-8-13-12/h1-8,14H,9H2. The van der Waals surface area contributed by atoms with Gasteiger partial charge in [-0.05, 0) is 12.1 Å². The van der Waals surface area contributed by atoms with Crippen LogP contribution in [0.3, 0.4) is 0 Å². The summed E-state index contributed by atoms with van der Waals surface area (Å²) in [6, 6.07) is 12.5. The van der Waals surface area contributed by atoms with E-state index in [0.717, 1.165) is 5.56 Å². The highest BCUT2D eigenvalue weighted by molar-refractivity contribution is 5.31. The molecule has 3 nitrogen and oxygen atoms in total.